The first-order chi connectivity index (χ1) is 12.1. The molecule has 1 saturated carbocycles. The Balaban J connectivity index is 1.51. The van der Waals surface area contributed by atoms with E-state index in [1.807, 2.05) is 41.5 Å². The van der Waals surface area contributed by atoms with Gasteiger partial charge in [0.2, 0.25) is 0 Å². The molecule has 130 valence electrons. The molecule has 3 heterocycles. The molecule has 0 unspecified atom stereocenters. The summed E-state index contributed by atoms with van der Waals surface area (Å²) in [5, 5.41) is 12.1. The number of ketones is 1. The smallest absolute Gasteiger partial charge is 0.193 e. The Bertz CT molecular complexity index is 921. The second kappa shape index (κ2) is 6.42. The zero-order valence-electron chi connectivity index (χ0n) is 14.4. The number of nitrogens with zero attached hydrogens (tertiary/aromatic N) is 5. The largest absolute Gasteiger partial charge is 0.309 e. The molecule has 0 aromatic carbocycles. The lowest BCUT2D eigenvalue weighted by atomic mass is 10.2. The van der Waals surface area contributed by atoms with Crippen LogP contribution in [0.25, 0.3) is 5.13 Å². The fourth-order valence-electron chi connectivity index (χ4n) is 3.02. The van der Waals surface area contributed by atoms with Crippen LogP contribution in [-0.4, -0.2) is 35.9 Å². The number of thiazole rings is 1. The van der Waals surface area contributed by atoms with E-state index in [4.69, 9.17) is 0 Å². The van der Waals surface area contributed by atoms with Gasteiger partial charge in [-0.05, 0) is 32.8 Å². The first-order valence-corrected chi connectivity index (χ1v) is 10.1. The van der Waals surface area contributed by atoms with Crippen LogP contribution >= 0.6 is 23.1 Å². The Morgan fingerprint density at radius 2 is 2.16 bits per heavy atom. The van der Waals surface area contributed by atoms with E-state index in [0.29, 0.717) is 11.7 Å². The maximum atomic E-state index is 12.7. The average molecular weight is 374 g/mol. The van der Waals surface area contributed by atoms with E-state index in [1.54, 1.807) is 17.5 Å². The summed E-state index contributed by atoms with van der Waals surface area (Å²) in [6, 6.07) is 1.95. The van der Waals surface area contributed by atoms with Gasteiger partial charge in [-0.2, -0.15) is 0 Å². The topological polar surface area (TPSA) is 65.6 Å². The van der Waals surface area contributed by atoms with Crippen molar-refractivity contribution in [3.63, 3.8) is 0 Å². The van der Waals surface area contributed by atoms with Gasteiger partial charge in [-0.3, -0.25) is 9.36 Å². The van der Waals surface area contributed by atoms with Gasteiger partial charge < -0.3 is 4.57 Å². The number of Topliss-reactive ketones (excluding diaryl/α,β-unsaturated/α-hetero) is 1. The minimum atomic E-state index is 0.108. The van der Waals surface area contributed by atoms with E-state index < -0.39 is 0 Å². The van der Waals surface area contributed by atoms with E-state index in [-0.39, 0.29) is 5.78 Å². The van der Waals surface area contributed by atoms with Gasteiger partial charge in [-0.15, -0.1) is 21.5 Å². The molecule has 0 amide bonds. The number of aromatic nitrogens is 5. The van der Waals surface area contributed by atoms with Crippen molar-refractivity contribution in [1.82, 2.24) is 24.3 Å². The van der Waals surface area contributed by atoms with Crippen molar-refractivity contribution < 1.29 is 4.79 Å². The second-order valence-electron chi connectivity index (χ2n) is 6.32. The maximum Gasteiger partial charge on any atom is 0.193 e. The van der Waals surface area contributed by atoms with Gasteiger partial charge in [0.25, 0.3) is 0 Å². The van der Waals surface area contributed by atoms with Crippen LogP contribution in [0.1, 0.15) is 46.3 Å². The van der Waals surface area contributed by atoms with Crippen LogP contribution in [0.2, 0.25) is 0 Å². The molecule has 25 heavy (non-hydrogen) atoms. The number of aryl methyl sites for hydroxylation is 1. The van der Waals surface area contributed by atoms with Gasteiger partial charge in [0.05, 0.1) is 5.75 Å². The summed E-state index contributed by atoms with van der Waals surface area (Å²) in [5.41, 5.74) is 2.72. The lowest BCUT2D eigenvalue weighted by Gasteiger charge is -2.05. The van der Waals surface area contributed by atoms with Crippen molar-refractivity contribution in [2.24, 2.45) is 7.05 Å². The Hall–Kier alpha value is -1.93. The zero-order chi connectivity index (χ0) is 17.6. The first-order valence-electron chi connectivity index (χ1n) is 8.20. The molecule has 0 spiro atoms. The SMILES string of the molecule is Cc1cc(C(=O)CSc2nnc(C3CC3)n2C)c(C)n1-c1nccs1. The molecular formula is C17H19N5OS2. The monoisotopic (exact) mass is 373 g/mol. The summed E-state index contributed by atoms with van der Waals surface area (Å²) >= 11 is 3.02. The number of carbonyl (C=O) groups excluding carboxylic acids is 1. The summed E-state index contributed by atoms with van der Waals surface area (Å²) in [7, 11) is 1.98. The van der Waals surface area contributed by atoms with Crippen molar-refractivity contribution in [2.45, 2.75) is 37.8 Å². The highest BCUT2D eigenvalue weighted by Crippen LogP contribution is 2.39. The van der Waals surface area contributed by atoms with Gasteiger partial charge in [0, 0.05) is 41.5 Å². The van der Waals surface area contributed by atoms with Gasteiger partial charge in [0.1, 0.15) is 5.82 Å². The van der Waals surface area contributed by atoms with Crippen LogP contribution in [0, 0.1) is 13.8 Å². The van der Waals surface area contributed by atoms with Crippen molar-refractivity contribution in [2.75, 3.05) is 5.75 Å². The summed E-state index contributed by atoms with van der Waals surface area (Å²) in [6.45, 7) is 3.97. The van der Waals surface area contributed by atoms with Gasteiger partial charge in [-0.1, -0.05) is 11.8 Å². The zero-order valence-corrected chi connectivity index (χ0v) is 16.0. The molecular weight excluding hydrogens is 354 g/mol. The molecule has 0 radical (unpaired) electrons. The third kappa shape index (κ3) is 3.04. The number of rotatable bonds is 6. The standard InChI is InChI=1S/C17H19N5OS2/c1-10-8-13(11(2)22(10)16-18-6-7-24-16)14(23)9-25-17-20-19-15(21(17)3)12-4-5-12/h6-8,12H,4-5,9H2,1-3H3. The van der Waals surface area contributed by atoms with Crippen LogP contribution in [-0.2, 0) is 7.05 Å². The Morgan fingerprint density at radius 3 is 2.84 bits per heavy atom. The van der Waals surface area contributed by atoms with Crippen molar-refractivity contribution in [3.8, 4) is 5.13 Å². The van der Waals surface area contributed by atoms with Crippen molar-refractivity contribution in [1.29, 1.82) is 0 Å². The third-order valence-electron chi connectivity index (χ3n) is 4.49. The molecule has 0 saturated heterocycles. The predicted octanol–water partition coefficient (Wildman–Crippen LogP) is 3.53. The summed E-state index contributed by atoms with van der Waals surface area (Å²) in [5.74, 6) is 2.06. The molecule has 1 aliphatic rings. The van der Waals surface area contributed by atoms with E-state index in [0.717, 1.165) is 33.1 Å². The van der Waals surface area contributed by atoms with Crippen LogP contribution in [0.3, 0.4) is 0 Å². The predicted molar refractivity (Wildman–Crippen MR) is 98.9 cm³/mol. The van der Waals surface area contributed by atoms with Crippen LogP contribution in [0.4, 0.5) is 0 Å². The molecule has 0 N–H and O–H groups in total. The molecule has 3 aromatic rings. The molecule has 0 bridgehead atoms. The molecule has 6 nitrogen and oxygen atoms in total. The normalized spacial score (nSPS) is 14.2. The van der Waals surface area contributed by atoms with E-state index in [2.05, 4.69) is 15.2 Å². The average Bonchev–Trinajstić information content (AvgIpc) is 3.02. The molecule has 1 fully saturated rings. The molecule has 4 rings (SSSR count). The summed E-state index contributed by atoms with van der Waals surface area (Å²) in [4.78, 5) is 17.1. The van der Waals surface area contributed by atoms with E-state index >= 15 is 0 Å². The number of hydrogen-bond donors (Lipinski definition) is 0. The first kappa shape index (κ1) is 16.5. The fraction of sp³-hybridized carbons (Fsp3) is 0.412. The highest BCUT2D eigenvalue weighted by molar-refractivity contribution is 7.99. The molecule has 1 aliphatic carbocycles. The molecule has 0 aliphatic heterocycles. The Labute approximate surface area is 154 Å². The fourth-order valence-corrected chi connectivity index (χ4v) is 4.58. The van der Waals surface area contributed by atoms with Gasteiger partial charge >= 0.3 is 0 Å². The van der Waals surface area contributed by atoms with E-state index in [1.165, 1.54) is 24.6 Å². The van der Waals surface area contributed by atoms with Crippen LogP contribution in [0.15, 0.2) is 22.8 Å². The van der Waals surface area contributed by atoms with Gasteiger partial charge in [-0.25, -0.2) is 4.98 Å². The molecule has 3 aromatic heterocycles. The minimum Gasteiger partial charge on any atom is -0.309 e. The number of hydrogen-bond acceptors (Lipinski definition) is 6. The maximum absolute atomic E-state index is 12.7. The number of carbonyl (C=O) groups is 1. The quantitative estimate of drug-likeness (QED) is 0.488. The lowest BCUT2D eigenvalue weighted by Crippen LogP contribution is -2.06. The number of thioether (sulfide) groups is 1. The third-order valence-corrected chi connectivity index (χ3v) is 6.26. The van der Waals surface area contributed by atoms with Gasteiger partial charge in [0.15, 0.2) is 16.1 Å². The molecule has 0 atom stereocenters. The summed E-state index contributed by atoms with van der Waals surface area (Å²) < 4.78 is 4.06. The Morgan fingerprint density at radius 1 is 1.36 bits per heavy atom. The highest BCUT2D eigenvalue weighted by Gasteiger charge is 2.29. The Kier molecular flexibility index (Phi) is 4.24. The molecule has 8 heteroatoms. The minimum absolute atomic E-state index is 0.108. The van der Waals surface area contributed by atoms with Crippen LogP contribution in [0.5, 0.6) is 0 Å². The van der Waals surface area contributed by atoms with Crippen LogP contribution < -0.4 is 0 Å². The van der Waals surface area contributed by atoms with Crippen molar-refractivity contribution in [3.05, 3.63) is 40.4 Å². The van der Waals surface area contributed by atoms with Crippen molar-refractivity contribution >= 4 is 28.9 Å². The second-order valence-corrected chi connectivity index (χ2v) is 8.14. The summed E-state index contributed by atoms with van der Waals surface area (Å²) in [6.07, 6.45) is 4.17. The highest BCUT2D eigenvalue weighted by atomic mass is 32.2. The lowest BCUT2D eigenvalue weighted by molar-refractivity contribution is 0.102. The van der Waals surface area contributed by atoms with E-state index in [9.17, 15) is 4.79 Å².